The summed E-state index contributed by atoms with van der Waals surface area (Å²) >= 11 is 0. The fourth-order valence-corrected chi connectivity index (χ4v) is 1.66. The van der Waals surface area contributed by atoms with E-state index in [1.807, 2.05) is 0 Å². The molecule has 0 heterocycles. The third-order valence-electron chi connectivity index (χ3n) is 2.79. The molecule has 0 saturated carbocycles. The van der Waals surface area contributed by atoms with E-state index >= 15 is 0 Å². The number of hydrazine groups is 1. The zero-order chi connectivity index (χ0) is 17.4. The predicted octanol–water partition coefficient (Wildman–Crippen LogP) is 0.703. The summed E-state index contributed by atoms with van der Waals surface area (Å²) in [5.74, 6) is -1.11. The number of phenolic OH excluding ortho intramolecular Hbond substituents is 2. The summed E-state index contributed by atoms with van der Waals surface area (Å²) in [6, 6.07) is 12.4. The van der Waals surface area contributed by atoms with E-state index in [1.165, 1.54) is 24.3 Å². The van der Waals surface area contributed by atoms with E-state index < -0.39 is 25.0 Å². The molecular weight excluding hydrogens is 316 g/mol. The van der Waals surface area contributed by atoms with E-state index in [1.54, 1.807) is 24.3 Å². The molecule has 0 atom stereocenters. The summed E-state index contributed by atoms with van der Waals surface area (Å²) in [5.41, 5.74) is 4.27. The largest absolute Gasteiger partial charge is 0.504 e. The minimum atomic E-state index is -0.617. The van der Waals surface area contributed by atoms with Gasteiger partial charge in [0.1, 0.15) is 0 Å². The van der Waals surface area contributed by atoms with Gasteiger partial charge in [-0.3, -0.25) is 20.4 Å². The summed E-state index contributed by atoms with van der Waals surface area (Å²) < 4.78 is 10.2. The van der Waals surface area contributed by atoms with E-state index in [-0.39, 0.29) is 23.0 Å². The van der Waals surface area contributed by atoms with Gasteiger partial charge in [0.25, 0.3) is 11.8 Å². The smallest absolute Gasteiger partial charge is 0.276 e. The number of ether oxygens (including phenoxy) is 2. The number of hydrogen-bond donors (Lipinski definition) is 4. The van der Waals surface area contributed by atoms with Gasteiger partial charge >= 0.3 is 0 Å². The number of amides is 2. The standard InChI is InChI=1S/C16H16N2O6/c19-11-5-1-3-7-13(11)23-9-15(21)17-18-16(22)10-24-14-8-4-2-6-12(14)20/h1-8,19-20H,9-10H2,(H,17,21)(H,18,22). The van der Waals surface area contributed by atoms with Crippen LogP contribution in [0.15, 0.2) is 48.5 Å². The summed E-state index contributed by atoms with van der Waals surface area (Å²) in [4.78, 5) is 23.1. The van der Waals surface area contributed by atoms with Crippen molar-refractivity contribution in [2.45, 2.75) is 0 Å². The van der Waals surface area contributed by atoms with Crippen LogP contribution < -0.4 is 20.3 Å². The number of rotatable bonds is 6. The Hall–Kier alpha value is -3.42. The van der Waals surface area contributed by atoms with Gasteiger partial charge in [-0.25, -0.2) is 0 Å². The van der Waals surface area contributed by atoms with E-state index in [4.69, 9.17) is 9.47 Å². The third-order valence-corrected chi connectivity index (χ3v) is 2.79. The molecule has 0 saturated heterocycles. The summed E-state index contributed by atoms with van der Waals surface area (Å²) in [5, 5.41) is 19.0. The maximum absolute atomic E-state index is 11.5. The lowest BCUT2D eigenvalue weighted by atomic mass is 10.3. The van der Waals surface area contributed by atoms with Gasteiger partial charge in [-0.05, 0) is 24.3 Å². The molecule has 0 fully saturated rings. The van der Waals surface area contributed by atoms with Gasteiger partial charge < -0.3 is 19.7 Å². The third kappa shape index (κ3) is 5.09. The first-order chi connectivity index (χ1) is 11.6. The minimum Gasteiger partial charge on any atom is -0.504 e. The Balaban J connectivity index is 1.69. The van der Waals surface area contributed by atoms with Gasteiger partial charge in [-0.15, -0.1) is 0 Å². The molecule has 8 heteroatoms. The highest BCUT2D eigenvalue weighted by Gasteiger charge is 2.09. The molecule has 2 rings (SSSR count). The molecule has 2 amide bonds. The van der Waals surface area contributed by atoms with Crippen molar-refractivity contribution in [2.24, 2.45) is 0 Å². The molecule has 0 aliphatic rings. The molecule has 0 bridgehead atoms. The summed E-state index contributed by atoms with van der Waals surface area (Å²) in [7, 11) is 0. The van der Waals surface area contributed by atoms with Crippen molar-refractivity contribution >= 4 is 11.8 Å². The van der Waals surface area contributed by atoms with Crippen molar-refractivity contribution < 1.29 is 29.3 Å². The molecule has 0 aliphatic carbocycles. The second kappa shape index (κ2) is 8.28. The first-order valence-corrected chi connectivity index (χ1v) is 6.95. The minimum absolute atomic E-state index is 0.0922. The lowest BCUT2D eigenvalue weighted by Crippen LogP contribution is -2.45. The fraction of sp³-hybridized carbons (Fsp3) is 0.125. The van der Waals surface area contributed by atoms with Crippen molar-refractivity contribution in [3.05, 3.63) is 48.5 Å². The Morgan fingerprint density at radius 3 is 1.50 bits per heavy atom. The average Bonchev–Trinajstić information content (AvgIpc) is 2.58. The Morgan fingerprint density at radius 1 is 0.750 bits per heavy atom. The quantitative estimate of drug-likeness (QED) is 0.579. The number of hydrogen-bond acceptors (Lipinski definition) is 6. The Labute approximate surface area is 137 Å². The van der Waals surface area contributed by atoms with Crippen LogP contribution >= 0.6 is 0 Å². The molecule has 0 unspecified atom stereocenters. The van der Waals surface area contributed by atoms with Crippen LogP contribution in [0.3, 0.4) is 0 Å². The van der Waals surface area contributed by atoms with Gasteiger partial charge in [0.15, 0.2) is 36.2 Å². The van der Waals surface area contributed by atoms with Gasteiger partial charge in [0, 0.05) is 0 Å². The van der Waals surface area contributed by atoms with Gasteiger partial charge in [-0.2, -0.15) is 0 Å². The SMILES string of the molecule is O=C(COc1ccccc1O)NNC(=O)COc1ccccc1O. The number of aromatic hydroxyl groups is 2. The maximum atomic E-state index is 11.5. The number of nitrogens with one attached hydrogen (secondary N) is 2. The first-order valence-electron chi connectivity index (χ1n) is 6.95. The van der Waals surface area contributed by atoms with Crippen molar-refractivity contribution in [2.75, 3.05) is 13.2 Å². The highest BCUT2D eigenvalue weighted by molar-refractivity contribution is 5.83. The van der Waals surface area contributed by atoms with E-state index in [2.05, 4.69) is 10.9 Å². The fourth-order valence-electron chi connectivity index (χ4n) is 1.66. The normalized spacial score (nSPS) is 9.83. The van der Waals surface area contributed by atoms with Crippen LogP contribution in [0.5, 0.6) is 23.0 Å². The number of carbonyl (C=O) groups excluding carboxylic acids is 2. The monoisotopic (exact) mass is 332 g/mol. The van der Waals surface area contributed by atoms with Crippen LogP contribution in [-0.2, 0) is 9.59 Å². The molecule has 2 aromatic rings. The second-order valence-electron chi connectivity index (χ2n) is 4.61. The molecule has 0 radical (unpaired) electrons. The van der Waals surface area contributed by atoms with E-state index in [0.29, 0.717) is 0 Å². The first kappa shape index (κ1) is 16.9. The molecular formula is C16H16N2O6. The molecule has 0 spiro atoms. The predicted molar refractivity (Wildman–Crippen MR) is 83.5 cm³/mol. The Bertz CT molecular complexity index is 658. The molecule has 2 aromatic carbocycles. The molecule has 0 aliphatic heterocycles. The summed E-state index contributed by atoms with van der Waals surface area (Å²) in [6.45, 7) is -0.781. The van der Waals surface area contributed by atoms with Gasteiger partial charge in [-0.1, -0.05) is 24.3 Å². The highest BCUT2D eigenvalue weighted by Crippen LogP contribution is 2.24. The van der Waals surface area contributed by atoms with Crippen molar-refractivity contribution in [3.8, 4) is 23.0 Å². The molecule has 0 aromatic heterocycles. The lowest BCUT2D eigenvalue weighted by Gasteiger charge is -2.10. The molecule has 8 nitrogen and oxygen atoms in total. The molecule has 4 N–H and O–H groups in total. The van der Waals surface area contributed by atoms with Gasteiger partial charge in [0.05, 0.1) is 0 Å². The van der Waals surface area contributed by atoms with Gasteiger partial charge in [0.2, 0.25) is 0 Å². The van der Waals surface area contributed by atoms with Crippen LogP contribution in [0.1, 0.15) is 0 Å². The van der Waals surface area contributed by atoms with Crippen LogP contribution in [0.2, 0.25) is 0 Å². The van der Waals surface area contributed by atoms with Crippen molar-refractivity contribution in [1.82, 2.24) is 10.9 Å². The second-order valence-corrected chi connectivity index (χ2v) is 4.61. The summed E-state index contributed by atoms with van der Waals surface area (Å²) in [6.07, 6.45) is 0. The zero-order valence-electron chi connectivity index (χ0n) is 12.6. The molecule has 24 heavy (non-hydrogen) atoms. The highest BCUT2D eigenvalue weighted by atomic mass is 16.5. The maximum Gasteiger partial charge on any atom is 0.276 e. The van der Waals surface area contributed by atoms with Crippen LogP contribution in [0.4, 0.5) is 0 Å². The number of carbonyl (C=O) groups is 2. The topological polar surface area (TPSA) is 117 Å². The number of para-hydroxylation sites is 4. The lowest BCUT2D eigenvalue weighted by molar-refractivity contribution is -0.131. The Morgan fingerprint density at radius 2 is 1.12 bits per heavy atom. The van der Waals surface area contributed by atoms with Crippen LogP contribution in [-0.4, -0.2) is 35.2 Å². The van der Waals surface area contributed by atoms with Crippen molar-refractivity contribution in [3.63, 3.8) is 0 Å². The van der Waals surface area contributed by atoms with Crippen LogP contribution in [0, 0.1) is 0 Å². The van der Waals surface area contributed by atoms with E-state index in [9.17, 15) is 19.8 Å². The number of benzene rings is 2. The zero-order valence-corrected chi connectivity index (χ0v) is 12.6. The van der Waals surface area contributed by atoms with Crippen LogP contribution in [0.25, 0.3) is 0 Å². The Kier molecular flexibility index (Phi) is 5.84. The number of phenols is 2. The average molecular weight is 332 g/mol. The molecule has 126 valence electrons. The van der Waals surface area contributed by atoms with E-state index in [0.717, 1.165) is 0 Å². The van der Waals surface area contributed by atoms with Crippen molar-refractivity contribution in [1.29, 1.82) is 0 Å².